The summed E-state index contributed by atoms with van der Waals surface area (Å²) in [6, 6.07) is 5.30. The van der Waals surface area contributed by atoms with Crippen LogP contribution in [0, 0.1) is 0 Å². The van der Waals surface area contributed by atoms with Crippen molar-refractivity contribution in [1.82, 2.24) is 0 Å². The van der Waals surface area contributed by atoms with Crippen molar-refractivity contribution in [2.24, 2.45) is 0 Å². The van der Waals surface area contributed by atoms with Crippen LogP contribution in [0.25, 0.3) is 0 Å². The molecule has 0 saturated carbocycles. The summed E-state index contributed by atoms with van der Waals surface area (Å²) in [5.74, 6) is -3.89. The topological polar surface area (TPSA) is 52.6 Å². The fraction of sp³-hybridized carbons (Fsp3) is 0.333. The molecule has 0 spiro atoms. The molecule has 0 saturated heterocycles. The molecule has 1 rings (SSSR count). The molecule has 0 aromatic heterocycles. The Morgan fingerprint density at radius 2 is 2.00 bits per heavy atom. The van der Waals surface area contributed by atoms with Crippen molar-refractivity contribution in [2.75, 3.05) is 6.61 Å². The van der Waals surface area contributed by atoms with E-state index in [0.29, 0.717) is 0 Å². The first-order valence-corrected chi connectivity index (χ1v) is 5.83. The second kappa shape index (κ2) is 6.60. The highest BCUT2D eigenvalue weighted by Crippen LogP contribution is 2.23. The van der Waals surface area contributed by atoms with Crippen LogP contribution in [0.1, 0.15) is 6.92 Å². The zero-order chi connectivity index (χ0) is 15.3. The average molecular weight is 311 g/mol. The number of ether oxygens (including phenoxy) is 2. The lowest BCUT2D eigenvalue weighted by Crippen LogP contribution is -2.44. The van der Waals surface area contributed by atoms with Crippen molar-refractivity contribution >= 4 is 23.4 Å². The van der Waals surface area contributed by atoms with E-state index in [1.165, 1.54) is 31.2 Å². The molecule has 8 heteroatoms. The fourth-order valence-corrected chi connectivity index (χ4v) is 1.43. The second-order valence-electron chi connectivity index (χ2n) is 3.57. The smallest absolute Gasteiger partial charge is 0.454 e. The van der Waals surface area contributed by atoms with E-state index in [9.17, 15) is 22.8 Å². The van der Waals surface area contributed by atoms with Crippen molar-refractivity contribution in [2.45, 2.75) is 19.2 Å². The van der Waals surface area contributed by atoms with Crippen LogP contribution >= 0.6 is 11.6 Å². The summed E-state index contributed by atoms with van der Waals surface area (Å²) in [5.41, 5.74) is 0. The van der Waals surface area contributed by atoms with E-state index in [4.69, 9.17) is 16.3 Å². The van der Waals surface area contributed by atoms with Gasteiger partial charge < -0.3 is 9.47 Å². The van der Waals surface area contributed by atoms with Gasteiger partial charge in [0.1, 0.15) is 5.75 Å². The van der Waals surface area contributed by atoms with Crippen molar-refractivity contribution in [3.05, 3.63) is 29.3 Å². The molecule has 0 fully saturated rings. The molecule has 0 N–H and O–H groups in total. The van der Waals surface area contributed by atoms with Crippen molar-refractivity contribution in [1.29, 1.82) is 0 Å². The normalized spacial score (nSPS) is 12.7. The highest BCUT2D eigenvalue weighted by molar-refractivity contribution is 6.30. The quantitative estimate of drug-likeness (QED) is 0.620. The lowest BCUT2D eigenvalue weighted by molar-refractivity contribution is -0.184. The third-order valence-electron chi connectivity index (χ3n) is 2.07. The molecule has 0 amide bonds. The Balaban J connectivity index is 2.99. The minimum Gasteiger partial charge on any atom is -0.470 e. The summed E-state index contributed by atoms with van der Waals surface area (Å²) in [7, 11) is 0. The van der Waals surface area contributed by atoms with Crippen molar-refractivity contribution in [3.63, 3.8) is 0 Å². The number of ketones is 1. The van der Waals surface area contributed by atoms with Gasteiger partial charge in [0.05, 0.1) is 6.61 Å². The van der Waals surface area contributed by atoms with E-state index in [1.807, 2.05) is 0 Å². The molecule has 1 aromatic rings. The minimum atomic E-state index is -5.21. The third kappa shape index (κ3) is 4.41. The standard InChI is InChI=1S/C12H10ClF3O4/c1-2-19-11(18)9(10(17)12(14,15)16)20-8-5-3-4-7(13)6-8/h3-6,9H,2H2,1H3. The van der Waals surface area contributed by atoms with Crippen LogP contribution in [-0.4, -0.2) is 30.6 Å². The number of carbonyl (C=O) groups is 2. The number of Topliss-reactive ketones (excluding diaryl/α,β-unsaturated/α-hetero) is 1. The summed E-state index contributed by atoms with van der Waals surface area (Å²) in [5, 5.41) is 0.185. The van der Waals surface area contributed by atoms with E-state index < -0.39 is 24.0 Å². The van der Waals surface area contributed by atoms with Crippen LogP contribution in [0.2, 0.25) is 5.02 Å². The van der Waals surface area contributed by atoms with E-state index in [1.54, 1.807) is 0 Å². The Labute approximate surface area is 117 Å². The molecule has 20 heavy (non-hydrogen) atoms. The number of benzene rings is 1. The lowest BCUT2D eigenvalue weighted by atomic mass is 10.2. The molecule has 1 atom stereocenters. The third-order valence-corrected chi connectivity index (χ3v) is 2.30. The number of esters is 1. The first-order chi connectivity index (χ1) is 9.25. The Bertz CT molecular complexity index is 502. The van der Waals surface area contributed by atoms with Crippen LogP contribution in [0.3, 0.4) is 0 Å². The molecule has 0 aliphatic carbocycles. The molecule has 0 bridgehead atoms. The molecule has 0 aliphatic heterocycles. The molecular weight excluding hydrogens is 301 g/mol. The van der Waals surface area contributed by atoms with Gasteiger partial charge in [0.25, 0.3) is 11.9 Å². The Kier molecular flexibility index (Phi) is 5.38. The molecule has 0 aliphatic rings. The molecule has 1 unspecified atom stereocenters. The summed E-state index contributed by atoms with van der Waals surface area (Å²) in [4.78, 5) is 22.6. The first kappa shape index (κ1) is 16.3. The molecular formula is C12H10ClF3O4. The van der Waals surface area contributed by atoms with Gasteiger partial charge in [0, 0.05) is 5.02 Å². The van der Waals surface area contributed by atoms with E-state index >= 15 is 0 Å². The number of alkyl halides is 3. The van der Waals surface area contributed by atoms with E-state index in [-0.39, 0.29) is 17.4 Å². The van der Waals surface area contributed by atoms with Crippen LogP contribution in [0.4, 0.5) is 13.2 Å². The monoisotopic (exact) mass is 310 g/mol. The number of halogens is 4. The molecule has 0 radical (unpaired) electrons. The van der Waals surface area contributed by atoms with E-state index in [2.05, 4.69) is 4.74 Å². The summed E-state index contributed by atoms with van der Waals surface area (Å²) >= 11 is 5.64. The van der Waals surface area contributed by atoms with Crippen LogP contribution < -0.4 is 4.74 Å². The predicted octanol–water partition coefficient (Wildman–Crippen LogP) is 2.78. The first-order valence-electron chi connectivity index (χ1n) is 5.45. The van der Waals surface area contributed by atoms with Crippen molar-refractivity contribution in [3.8, 4) is 5.75 Å². The number of rotatable bonds is 5. The Morgan fingerprint density at radius 1 is 1.35 bits per heavy atom. The molecule has 4 nitrogen and oxygen atoms in total. The van der Waals surface area contributed by atoms with Gasteiger partial charge in [0.2, 0.25) is 0 Å². The number of hydrogen-bond donors (Lipinski definition) is 0. The lowest BCUT2D eigenvalue weighted by Gasteiger charge is -2.17. The summed E-state index contributed by atoms with van der Waals surface area (Å²) in [6.07, 6.45) is -7.62. The van der Waals surface area contributed by atoms with Gasteiger partial charge in [-0.15, -0.1) is 0 Å². The molecule has 0 heterocycles. The van der Waals surface area contributed by atoms with Crippen molar-refractivity contribution < 1.29 is 32.2 Å². The average Bonchev–Trinajstić information content (AvgIpc) is 2.34. The maximum Gasteiger partial charge on any atom is 0.454 e. The summed E-state index contributed by atoms with van der Waals surface area (Å²) in [6.45, 7) is 1.21. The number of hydrogen-bond acceptors (Lipinski definition) is 4. The van der Waals surface area contributed by atoms with Gasteiger partial charge in [-0.1, -0.05) is 17.7 Å². The van der Waals surface area contributed by atoms with Crippen LogP contribution in [0.5, 0.6) is 5.75 Å². The van der Waals surface area contributed by atoms with E-state index in [0.717, 1.165) is 0 Å². The van der Waals surface area contributed by atoms with Gasteiger partial charge in [-0.3, -0.25) is 4.79 Å². The predicted molar refractivity (Wildman–Crippen MR) is 63.6 cm³/mol. The van der Waals surface area contributed by atoms with Gasteiger partial charge >= 0.3 is 12.1 Å². The highest BCUT2D eigenvalue weighted by Gasteiger charge is 2.48. The Hall–Kier alpha value is -1.76. The summed E-state index contributed by atoms with van der Waals surface area (Å²) < 4.78 is 46.4. The number of carbonyl (C=O) groups excluding carboxylic acids is 2. The zero-order valence-corrected chi connectivity index (χ0v) is 11.0. The second-order valence-corrected chi connectivity index (χ2v) is 4.01. The molecule has 1 aromatic carbocycles. The SMILES string of the molecule is CCOC(=O)C(Oc1cccc(Cl)c1)C(=O)C(F)(F)F. The minimum absolute atomic E-state index is 0.145. The Morgan fingerprint density at radius 3 is 2.50 bits per heavy atom. The zero-order valence-electron chi connectivity index (χ0n) is 10.2. The van der Waals surface area contributed by atoms with Gasteiger partial charge in [-0.25, -0.2) is 4.79 Å². The van der Waals surface area contributed by atoms with Crippen LogP contribution in [-0.2, 0) is 14.3 Å². The van der Waals surface area contributed by atoms with Gasteiger partial charge in [-0.05, 0) is 25.1 Å². The molecule has 110 valence electrons. The van der Waals surface area contributed by atoms with Crippen LogP contribution in [0.15, 0.2) is 24.3 Å². The largest absolute Gasteiger partial charge is 0.470 e. The van der Waals surface area contributed by atoms with Gasteiger partial charge in [-0.2, -0.15) is 13.2 Å². The maximum absolute atomic E-state index is 12.4. The van der Waals surface area contributed by atoms with Gasteiger partial charge in [0.15, 0.2) is 0 Å². The fourth-order valence-electron chi connectivity index (χ4n) is 1.25. The highest BCUT2D eigenvalue weighted by atomic mass is 35.5. The maximum atomic E-state index is 12.4.